The molecule has 0 saturated carbocycles. The standard InChI is InChI=1S/C19H24ClO3P/c1-5-22-24(21,23-6-2)19(16-9-7-14(3)8-10-16)17-11-12-18(20)15(4)13-17/h7-13,19H,5-6H2,1-4H3. The lowest BCUT2D eigenvalue weighted by atomic mass is 10.0. The van der Waals surface area contributed by atoms with Crippen molar-refractivity contribution in [3.63, 3.8) is 0 Å². The van der Waals surface area contributed by atoms with Crippen LogP contribution in [0.15, 0.2) is 42.5 Å². The Labute approximate surface area is 149 Å². The molecule has 0 radical (unpaired) electrons. The smallest absolute Gasteiger partial charge is 0.308 e. The van der Waals surface area contributed by atoms with Crippen molar-refractivity contribution in [2.45, 2.75) is 33.4 Å². The highest BCUT2D eigenvalue weighted by molar-refractivity contribution is 7.54. The fourth-order valence-electron chi connectivity index (χ4n) is 2.69. The van der Waals surface area contributed by atoms with Crippen LogP contribution in [0.5, 0.6) is 0 Å². The molecule has 0 heterocycles. The molecule has 0 aliphatic heterocycles. The van der Waals surface area contributed by atoms with E-state index in [-0.39, 0.29) is 0 Å². The van der Waals surface area contributed by atoms with Crippen molar-refractivity contribution in [1.29, 1.82) is 0 Å². The highest BCUT2D eigenvalue weighted by Gasteiger charge is 2.38. The molecule has 24 heavy (non-hydrogen) atoms. The highest BCUT2D eigenvalue weighted by Crippen LogP contribution is 2.63. The van der Waals surface area contributed by atoms with Crippen molar-refractivity contribution < 1.29 is 13.6 Å². The molecule has 1 unspecified atom stereocenters. The summed E-state index contributed by atoms with van der Waals surface area (Å²) in [6.07, 6.45) is 0. The topological polar surface area (TPSA) is 35.5 Å². The van der Waals surface area contributed by atoms with Gasteiger partial charge in [-0.25, -0.2) is 0 Å². The van der Waals surface area contributed by atoms with E-state index in [9.17, 15) is 4.57 Å². The molecule has 2 aromatic rings. The molecule has 0 aromatic heterocycles. The summed E-state index contributed by atoms with van der Waals surface area (Å²) in [6, 6.07) is 13.7. The number of halogens is 1. The minimum Gasteiger partial charge on any atom is -0.308 e. The summed E-state index contributed by atoms with van der Waals surface area (Å²) in [6.45, 7) is 8.26. The van der Waals surface area contributed by atoms with Crippen molar-refractivity contribution in [2.24, 2.45) is 0 Å². The van der Waals surface area contributed by atoms with Gasteiger partial charge in [-0.05, 0) is 50.5 Å². The second-order valence-electron chi connectivity index (χ2n) is 5.70. The van der Waals surface area contributed by atoms with Crippen LogP contribution in [-0.4, -0.2) is 13.2 Å². The van der Waals surface area contributed by atoms with Crippen LogP contribution in [-0.2, 0) is 13.6 Å². The van der Waals surface area contributed by atoms with E-state index in [2.05, 4.69) is 0 Å². The number of hydrogen-bond acceptors (Lipinski definition) is 3. The molecule has 5 heteroatoms. The molecule has 0 spiro atoms. The average Bonchev–Trinajstić information content (AvgIpc) is 2.53. The molecule has 1 atom stereocenters. The van der Waals surface area contributed by atoms with E-state index < -0.39 is 13.3 Å². The number of benzene rings is 2. The first-order valence-electron chi connectivity index (χ1n) is 8.12. The SMILES string of the molecule is CCOP(=O)(OCC)C(c1ccc(C)cc1)c1ccc(Cl)c(C)c1. The molecule has 2 aromatic carbocycles. The van der Waals surface area contributed by atoms with Gasteiger partial charge in [0.1, 0.15) is 5.66 Å². The maximum Gasteiger partial charge on any atom is 0.342 e. The van der Waals surface area contributed by atoms with Gasteiger partial charge in [0, 0.05) is 5.02 Å². The number of aryl methyl sites for hydroxylation is 2. The molecule has 2 rings (SSSR count). The van der Waals surface area contributed by atoms with Crippen LogP contribution >= 0.6 is 19.2 Å². The summed E-state index contributed by atoms with van der Waals surface area (Å²) in [5.41, 5.74) is 3.39. The Hall–Kier alpha value is -1.12. The molecule has 130 valence electrons. The van der Waals surface area contributed by atoms with E-state index in [4.69, 9.17) is 20.6 Å². The molecule has 0 N–H and O–H groups in total. The maximum atomic E-state index is 13.5. The van der Waals surface area contributed by atoms with Crippen LogP contribution in [0.25, 0.3) is 0 Å². The maximum absolute atomic E-state index is 13.5. The third kappa shape index (κ3) is 4.29. The summed E-state index contributed by atoms with van der Waals surface area (Å²) in [5, 5.41) is 0.684. The first kappa shape index (κ1) is 19.2. The number of rotatable bonds is 7. The lowest BCUT2D eigenvalue weighted by molar-refractivity contribution is 0.215. The van der Waals surface area contributed by atoms with Crippen molar-refractivity contribution in [3.05, 3.63) is 69.7 Å². The number of hydrogen-bond donors (Lipinski definition) is 0. The van der Waals surface area contributed by atoms with Gasteiger partial charge in [0.25, 0.3) is 0 Å². The van der Waals surface area contributed by atoms with Gasteiger partial charge in [-0.1, -0.05) is 53.6 Å². The van der Waals surface area contributed by atoms with Crippen molar-refractivity contribution >= 4 is 19.2 Å². The zero-order valence-corrected chi connectivity index (χ0v) is 16.2. The normalized spacial score (nSPS) is 13.0. The van der Waals surface area contributed by atoms with Crippen LogP contribution in [0, 0.1) is 13.8 Å². The van der Waals surface area contributed by atoms with E-state index in [1.54, 1.807) is 0 Å². The monoisotopic (exact) mass is 366 g/mol. The molecular weight excluding hydrogens is 343 g/mol. The Bertz CT molecular complexity index is 718. The van der Waals surface area contributed by atoms with E-state index in [1.165, 1.54) is 0 Å². The Kier molecular flexibility index (Phi) is 6.65. The van der Waals surface area contributed by atoms with Gasteiger partial charge in [-0.2, -0.15) is 0 Å². The fourth-order valence-corrected chi connectivity index (χ4v) is 4.96. The molecule has 0 bridgehead atoms. The summed E-state index contributed by atoms with van der Waals surface area (Å²) >= 11 is 6.16. The van der Waals surface area contributed by atoms with Gasteiger partial charge in [-0.15, -0.1) is 0 Å². The quantitative estimate of drug-likeness (QED) is 0.538. The van der Waals surface area contributed by atoms with E-state index >= 15 is 0 Å². The van der Waals surface area contributed by atoms with Crippen molar-refractivity contribution in [2.75, 3.05) is 13.2 Å². The highest BCUT2D eigenvalue weighted by atomic mass is 35.5. The average molecular weight is 367 g/mol. The zero-order valence-electron chi connectivity index (χ0n) is 14.6. The van der Waals surface area contributed by atoms with Gasteiger partial charge in [-0.3, -0.25) is 4.57 Å². The Balaban J connectivity index is 2.61. The first-order chi connectivity index (χ1) is 11.4. The lowest BCUT2D eigenvalue weighted by Crippen LogP contribution is -2.09. The van der Waals surface area contributed by atoms with Gasteiger partial charge < -0.3 is 9.05 Å². The zero-order chi connectivity index (χ0) is 17.7. The minimum absolute atomic E-state index is 0.326. The Morgan fingerprint density at radius 2 is 1.50 bits per heavy atom. The summed E-state index contributed by atoms with van der Waals surface area (Å²) in [7, 11) is -3.37. The second-order valence-corrected chi connectivity index (χ2v) is 8.22. The largest absolute Gasteiger partial charge is 0.342 e. The Morgan fingerprint density at radius 3 is 2.00 bits per heavy atom. The van der Waals surface area contributed by atoms with Gasteiger partial charge in [0.2, 0.25) is 0 Å². The molecule has 0 saturated heterocycles. The molecular formula is C19H24ClO3P. The summed E-state index contributed by atoms with van der Waals surface area (Å²) in [5.74, 6) is 0. The van der Waals surface area contributed by atoms with Crippen LogP contribution in [0.2, 0.25) is 5.02 Å². The Morgan fingerprint density at radius 1 is 0.958 bits per heavy atom. The molecule has 0 amide bonds. The lowest BCUT2D eigenvalue weighted by Gasteiger charge is -2.27. The third-order valence-corrected chi connectivity index (χ3v) is 6.71. The molecule has 0 aliphatic rings. The van der Waals surface area contributed by atoms with E-state index in [1.807, 2.05) is 70.2 Å². The van der Waals surface area contributed by atoms with Crippen LogP contribution in [0.1, 0.15) is 41.8 Å². The molecule has 3 nitrogen and oxygen atoms in total. The van der Waals surface area contributed by atoms with Gasteiger partial charge in [0.05, 0.1) is 13.2 Å². The van der Waals surface area contributed by atoms with Crippen molar-refractivity contribution in [3.8, 4) is 0 Å². The van der Waals surface area contributed by atoms with Crippen molar-refractivity contribution in [1.82, 2.24) is 0 Å². The summed E-state index contributed by atoms with van der Waals surface area (Å²) in [4.78, 5) is 0. The predicted octanol–water partition coefficient (Wildman–Crippen LogP) is 6.31. The fraction of sp³-hybridized carbons (Fsp3) is 0.368. The molecule has 0 aliphatic carbocycles. The predicted molar refractivity (Wildman–Crippen MR) is 100 cm³/mol. The van der Waals surface area contributed by atoms with Gasteiger partial charge in [0.15, 0.2) is 0 Å². The molecule has 0 fully saturated rings. The van der Waals surface area contributed by atoms with Crippen LogP contribution < -0.4 is 0 Å². The van der Waals surface area contributed by atoms with Gasteiger partial charge >= 0.3 is 7.60 Å². The first-order valence-corrected chi connectivity index (χ1v) is 10.1. The van der Waals surface area contributed by atoms with Crippen LogP contribution in [0.3, 0.4) is 0 Å². The third-order valence-electron chi connectivity index (χ3n) is 3.83. The van der Waals surface area contributed by atoms with E-state index in [0.717, 1.165) is 22.3 Å². The van der Waals surface area contributed by atoms with Crippen LogP contribution in [0.4, 0.5) is 0 Å². The minimum atomic E-state index is -3.37. The second kappa shape index (κ2) is 8.31. The van der Waals surface area contributed by atoms with E-state index in [0.29, 0.717) is 18.2 Å². The summed E-state index contributed by atoms with van der Waals surface area (Å²) < 4.78 is 24.8.